The van der Waals surface area contributed by atoms with Crippen molar-refractivity contribution in [3.63, 3.8) is 0 Å². The Bertz CT molecular complexity index is 922. The van der Waals surface area contributed by atoms with Crippen molar-refractivity contribution in [1.82, 2.24) is 0 Å². The topological polar surface area (TPSA) is 90.1 Å². The van der Waals surface area contributed by atoms with Crippen LogP contribution in [-0.2, 0) is 11.0 Å². The summed E-state index contributed by atoms with van der Waals surface area (Å²) in [4.78, 5) is 26.0. The zero-order valence-corrected chi connectivity index (χ0v) is 12.4. The smallest absolute Gasteiger partial charge is 0.303 e. The summed E-state index contributed by atoms with van der Waals surface area (Å²) in [5, 5.41) is 5.27. The lowest BCUT2D eigenvalue weighted by Crippen LogP contribution is -1.84. The van der Waals surface area contributed by atoms with Gasteiger partial charge in [0.1, 0.15) is 0 Å². The third-order valence-electron chi connectivity index (χ3n) is 3.50. The van der Waals surface area contributed by atoms with Crippen molar-refractivity contribution in [3.8, 4) is 0 Å². The summed E-state index contributed by atoms with van der Waals surface area (Å²) in [5.74, 6) is 0. The zero-order chi connectivity index (χ0) is 15.7. The first-order chi connectivity index (χ1) is 10.4. The Morgan fingerprint density at radius 2 is 1.55 bits per heavy atom. The van der Waals surface area contributed by atoms with Crippen molar-refractivity contribution >= 4 is 41.3 Å². The van der Waals surface area contributed by atoms with Gasteiger partial charge in [-0.1, -0.05) is 30.3 Å². The van der Waals surface area contributed by atoms with Crippen LogP contribution in [0.15, 0.2) is 53.5 Å². The van der Waals surface area contributed by atoms with Crippen LogP contribution in [0.5, 0.6) is 0 Å². The lowest BCUT2D eigenvalue weighted by molar-refractivity contribution is 0.275. The number of fused-ring (bicyclic) bond motifs is 4. The molecule has 1 heterocycles. The van der Waals surface area contributed by atoms with E-state index in [1.807, 2.05) is 6.21 Å². The van der Waals surface area contributed by atoms with Crippen LogP contribution in [0.1, 0.15) is 5.56 Å². The number of benzene rings is 3. The molecule has 3 N–H and O–H groups in total. The summed E-state index contributed by atoms with van der Waals surface area (Å²) >= 11 is 0. The van der Waals surface area contributed by atoms with E-state index in [4.69, 9.17) is 19.2 Å². The minimum Gasteiger partial charge on any atom is -0.303 e. The highest BCUT2D eigenvalue weighted by Crippen LogP contribution is 2.33. The van der Waals surface area contributed by atoms with Gasteiger partial charge in [-0.15, -0.1) is 0 Å². The monoisotopic (exact) mass is 315 g/mol. The molecule has 22 heavy (non-hydrogen) atoms. The fourth-order valence-electron chi connectivity index (χ4n) is 2.64. The maximum atomic E-state index is 8.88. The van der Waals surface area contributed by atoms with Gasteiger partial charge >= 0.3 is 7.82 Å². The van der Waals surface area contributed by atoms with Crippen LogP contribution in [0.25, 0.3) is 21.5 Å². The predicted octanol–water partition coefficient (Wildman–Crippen LogP) is 3.32. The van der Waals surface area contributed by atoms with Gasteiger partial charge in [0.05, 0.1) is 5.69 Å². The lowest BCUT2D eigenvalue weighted by Gasteiger charge is -2.06. The molecule has 4 rings (SSSR count). The number of aliphatic imine (C=N–C) groups is 1. The van der Waals surface area contributed by atoms with Gasteiger partial charge in [-0.2, -0.15) is 0 Å². The van der Waals surface area contributed by atoms with Crippen molar-refractivity contribution in [2.75, 3.05) is 0 Å². The summed E-state index contributed by atoms with van der Waals surface area (Å²) in [5.41, 5.74) is 2.50. The lowest BCUT2D eigenvalue weighted by atomic mass is 9.98. The fraction of sp³-hybridized carbons (Fsp3) is 0.0625. The summed E-state index contributed by atoms with van der Waals surface area (Å²) in [7, 11) is -4.64. The molecule has 0 spiro atoms. The van der Waals surface area contributed by atoms with Crippen LogP contribution < -0.4 is 0 Å². The molecular weight excluding hydrogens is 301 g/mol. The molecule has 0 atom stereocenters. The zero-order valence-electron chi connectivity index (χ0n) is 11.5. The van der Waals surface area contributed by atoms with E-state index in [0.29, 0.717) is 0 Å². The highest BCUT2D eigenvalue weighted by atomic mass is 31.2. The largest absolute Gasteiger partial charge is 0.466 e. The predicted molar refractivity (Wildman–Crippen MR) is 87.6 cm³/mol. The second kappa shape index (κ2) is 5.63. The number of phosphoric acid groups is 1. The second-order valence-corrected chi connectivity index (χ2v) is 6.04. The number of nitrogens with zero attached hydrogens (tertiary/aromatic N) is 1. The van der Waals surface area contributed by atoms with Gasteiger partial charge in [0.15, 0.2) is 0 Å². The van der Waals surface area contributed by atoms with Gasteiger partial charge in [0.25, 0.3) is 0 Å². The van der Waals surface area contributed by atoms with Gasteiger partial charge in [-0.25, -0.2) is 4.57 Å². The molecule has 5 nitrogen and oxygen atoms in total. The maximum absolute atomic E-state index is 8.88. The van der Waals surface area contributed by atoms with E-state index in [-0.39, 0.29) is 0 Å². The van der Waals surface area contributed by atoms with E-state index >= 15 is 0 Å². The molecule has 1 aliphatic heterocycles. The van der Waals surface area contributed by atoms with Crippen molar-refractivity contribution in [1.29, 1.82) is 0 Å². The number of rotatable bonds is 0. The summed E-state index contributed by atoms with van der Waals surface area (Å²) in [6, 6.07) is 17.4. The van der Waals surface area contributed by atoms with Crippen LogP contribution >= 0.6 is 7.82 Å². The molecular formula is C16H14NO4P. The Hall–Kier alpha value is -2.04. The standard InChI is InChI=1S/C16H11N.H3O4P/c1-2-4-12-10-15-13(9-11(12)3-1)5-6-16-14(15)7-8-17-16;1-5(2,3)4/h1-6,8-10H,7H2;(H3,1,2,3,4). The first-order valence-corrected chi connectivity index (χ1v) is 8.23. The first-order valence-electron chi connectivity index (χ1n) is 6.67. The molecule has 0 amide bonds. The van der Waals surface area contributed by atoms with E-state index in [1.165, 1.54) is 27.1 Å². The SMILES string of the molecule is C1=Nc2ccc3cc4ccccc4cc3c2C1.O=P(O)(O)O. The Kier molecular flexibility index (Phi) is 3.81. The number of hydrogen-bond acceptors (Lipinski definition) is 2. The van der Waals surface area contributed by atoms with Crippen molar-refractivity contribution in [2.45, 2.75) is 6.42 Å². The molecule has 0 saturated heterocycles. The van der Waals surface area contributed by atoms with E-state index in [2.05, 4.69) is 53.5 Å². The molecule has 0 aliphatic carbocycles. The van der Waals surface area contributed by atoms with Crippen LogP contribution in [0.3, 0.4) is 0 Å². The third kappa shape index (κ3) is 3.24. The van der Waals surface area contributed by atoms with Crippen LogP contribution in [0.2, 0.25) is 0 Å². The molecule has 6 heteroatoms. The van der Waals surface area contributed by atoms with Crippen molar-refractivity contribution in [2.24, 2.45) is 4.99 Å². The first kappa shape index (κ1) is 14.9. The van der Waals surface area contributed by atoms with E-state index in [9.17, 15) is 0 Å². The molecule has 1 aliphatic rings. The summed E-state index contributed by atoms with van der Waals surface area (Å²) in [6.07, 6.45) is 2.96. The molecule has 0 unspecified atom stereocenters. The molecule has 0 saturated carbocycles. The van der Waals surface area contributed by atoms with Gasteiger partial charge in [0, 0.05) is 12.6 Å². The van der Waals surface area contributed by atoms with Crippen molar-refractivity contribution in [3.05, 3.63) is 54.1 Å². The third-order valence-corrected chi connectivity index (χ3v) is 3.50. The molecule has 3 aromatic rings. The van der Waals surface area contributed by atoms with Gasteiger partial charge < -0.3 is 14.7 Å². The van der Waals surface area contributed by atoms with Gasteiger partial charge in [-0.3, -0.25) is 4.99 Å². The van der Waals surface area contributed by atoms with Gasteiger partial charge in [-0.05, 0) is 45.3 Å². The van der Waals surface area contributed by atoms with Crippen molar-refractivity contribution < 1.29 is 19.2 Å². The minimum atomic E-state index is -4.64. The Labute approximate surface area is 126 Å². The van der Waals surface area contributed by atoms with Crippen LogP contribution in [0.4, 0.5) is 5.69 Å². The Morgan fingerprint density at radius 1 is 0.909 bits per heavy atom. The minimum absolute atomic E-state index is 0.963. The maximum Gasteiger partial charge on any atom is 0.466 e. The summed E-state index contributed by atoms with van der Waals surface area (Å²) < 4.78 is 8.88. The van der Waals surface area contributed by atoms with Crippen LogP contribution in [0, 0.1) is 0 Å². The fourth-order valence-corrected chi connectivity index (χ4v) is 2.64. The summed E-state index contributed by atoms with van der Waals surface area (Å²) in [6.45, 7) is 0. The Balaban J connectivity index is 0.000000254. The molecule has 0 aromatic heterocycles. The normalized spacial score (nSPS) is 13.0. The average Bonchev–Trinajstić information content (AvgIpc) is 2.92. The molecule has 3 aromatic carbocycles. The second-order valence-electron chi connectivity index (χ2n) is 5.01. The van der Waals surface area contributed by atoms with Crippen LogP contribution in [-0.4, -0.2) is 20.9 Å². The Morgan fingerprint density at radius 3 is 2.23 bits per heavy atom. The highest BCUT2D eigenvalue weighted by Gasteiger charge is 2.10. The van der Waals surface area contributed by atoms with E-state index in [1.54, 1.807) is 0 Å². The average molecular weight is 315 g/mol. The molecule has 0 radical (unpaired) electrons. The molecule has 112 valence electrons. The van der Waals surface area contributed by atoms with E-state index in [0.717, 1.165) is 12.1 Å². The molecule has 0 fully saturated rings. The quantitative estimate of drug-likeness (QED) is 0.438. The van der Waals surface area contributed by atoms with Gasteiger partial charge in [0.2, 0.25) is 0 Å². The molecule has 0 bridgehead atoms. The number of hydrogen-bond donors (Lipinski definition) is 3. The van der Waals surface area contributed by atoms with E-state index < -0.39 is 7.82 Å². The highest BCUT2D eigenvalue weighted by molar-refractivity contribution is 7.45.